The van der Waals surface area contributed by atoms with Gasteiger partial charge in [-0.25, -0.2) is 23.4 Å². The Kier molecular flexibility index (Phi) is 10.6. The second kappa shape index (κ2) is 13.3. The summed E-state index contributed by atoms with van der Waals surface area (Å²) in [7, 11) is 0. The van der Waals surface area contributed by atoms with E-state index >= 15 is 0 Å². The van der Waals surface area contributed by atoms with Gasteiger partial charge in [0.15, 0.2) is 11.4 Å². The topological polar surface area (TPSA) is 131 Å². The third-order valence-corrected chi connectivity index (χ3v) is 5.01. The summed E-state index contributed by atoms with van der Waals surface area (Å²) in [5.74, 6) is -4.30. The molecule has 0 spiro atoms. The van der Waals surface area contributed by atoms with Crippen molar-refractivity contribution in [2.45, 2.75) is 59.0 Å². The van der Waals surface area contributed by atoms with Crippen LogP contribution >= 0.6 is 0 Å². The highest BCUT2D eigenvalue weighted by molar-refractivity contribution is 5.95. The largest absolute Gasteiger partial charge is 0.490 e. The van der Waals surface area contributed by atoms with Crippen LogP contribution in [0.25, 0.3) is 5.65 Å². The normalized spacial score (nSPS) is 12.1. The van der Waals surface area contributed by atoms with Crippen molar-refractivity contribution in [3.8, 4) is 5.75 Å². The predicted octanol–water partition coefficient (Wildman–Crippen LogP) is 4.78. The van der Waals surface area contributed by atoms with E-state index in [1.54, 1.807) is 57.3 Å². The highest BCUT2D eigenvalue weighted by Gasteiger charge is 2.38. The molecule has 15 heteroatoms. The van der Waals surface area contributed by atoms with Crippen molar-refractivity contribution in [2.75, 3.05) is 6.54 Å². The van der Waals surface area contributed by atoms with Crippen LogP contribution in [-0.2, 0) is 16.1 Å². The van der Waals surface area contributed by atoms with Gasteiger partial charge in [-0.15, -0.1) is 0 Å². The number of rotatable bonds is 7. The zero-order chi connectivity index (χ0) is 31.1. The molecule has 1 unspecified atom stereocenters. The summed E-state index contributed by atoms with van der Waals surface area (Å²) in [6.07, 6.45) is -4.02. The highest BCUT2D eigenvalue weighted by atomic mass is 19.4. The number of imidazole rings is 1. The molecule has 1 atom stereocenters. The van der Waals surface area contributed by atoms with Gasteiger partial charge in [0.25, 0.3) is 5.91 Å². The van der Waals surface area contributed by atoms with Crippen LogP contribution < -0.4 is 15.4 Å². The van der Waals surface area contributed by atoms with Crippen LogP contribution in [0.3, 0.4) is 0 Å². The molecule has 41 heavy (non-hydrogen) atoms. The summed E-state index contributed by atoms with van der Waals surface area (Å²) in [5.41, 5.74) is 0.234. The first kappa shape index (κ1) is 32.8. The van der Waals surface area contributed by atoms with Crippen LogP contribution in [0.15, 0.2) is 36.5 Å². The number of alkyl halides is 3. The number of nitrogens with zero attached hydrogens (tertiary/aromatic N) is 2. The number of carboxylic acids is 1. The Morgan fingerprint density at radius 2 is 1.66 bits per heavy atom. The molecule has 0 bridgehead atoms. The molecule has 0 saturated carbocycles. The number of ether oxygens (including phenoxy) is 2. The minimum atomic E-state index is -5.08. The summed E-state index contributed by atoms with van der Waals surface area (Å²) >= 11 is 0. The number of hydrogen-bond acceptors (Lipinski definition) is 6. The number of pyridine rings is 1. The van der Waals surface area contributed by atoms with E-state index in [2.05, 4.69) is 15.6 Å². The Bertz CT molecular complexity index is 1380. The average Bonchev–Trinajstić information content (AvgIpc) is 3.17. The maximum absolute atomic E-state index is 13.9. The van der Waals surface area contributed by atoms with Gasteiger partial charge >= 0.3 is 18.2 Å². The van der Waals surface area contributed by atoms with Gasteiger partial charge < -0.3 is 25.2 Å². The fraction of sp³-hybridized carbons (Fsp3) is 0.385. The number of halogens is 5. The molecule has 0 radical (unpaired) electrons. The smallest absolute Gasteiger partial charge is 0.485 e. The molecule has 0 aliphatic carbocycles. The lowest BCUT2D eigenvalue weighted by Gasteiger charge is -2.22. The number of aromatic nitrogens is 2. The van der Waals surface area contributed by atoms with Crippen molar-refractivity contribution >= 4 is 23.6 Å². The number of carbonyl (C=O) groups is 3. The highest BCUT2D eigenvalue weighted by Crippen LogP contribution is 2.24. The van der Waals surface area contributed by atoms with Crippen LogP contribution in [0, 0.1) is 18.6 Å². The van der Waals surface area contributed by atoms with E-state index in [4.69, 9.17) is 19.4 Å². The van der Waals surface area contributed by atoms with E-state index in [9.17, 15) is 31.5 Å². The molecule has 3 aromatic rings. The second-order valence-electron chi connectivity index (χ2n) is 9.66. The Morgan fingerprint density at radius 1 is 1.07 bits per heavy atom. The third-order valence-electron chi connectivity index (χ3n) is 5.01. The molecule has 10 nitrogen and oxygen atoms in total. The number of aryl methyl sites for hydroxylation is 1. The standard InChI is InChI=1S/C24H28F2N4O4.C2HF3O2/c1-14(28-23(32)34-24(3,4)5)12-27-22(31)20-15(2)29-21-19(10-7-11-30(20)21)33-13-16-17(25)8-6-9-18(16)26;3-2(4,5)1(6)7/h6-11,14H,12-13H2,1-5H3,(H,27,31)(H,28,32);(H,6,7). The Morgan fingerprint density at radius 3 is 2.20 bits per heavy atom. The van der Waals surface area contributed by atoms with E-state index in [0.717, 1.165) is 12.1 Å². The fourth-order valence-electron chi connectivity index (χ4n) is 3.25. The van der Waals surface area contributed by atoms with E-state index in [0.29, 0.717) is 11.3 Å². The van der Waals surface area contributed by atoms with Crippen molar-refractivity contribution in [3.05, 3.63) is 65.1 Å². The van der Waals surface area contributed by atoms with Crippen molar-refractivity contribution in [1.82, 2.24) is 20.0 Å². The fourth-order valence-corrected chi connectivity index (χ4v) is 3.25. The van der Waals surface area contributed by atoms with Crippen molar-refractivity contribution < 1.29 is 50.9 Å². The molecule has 2 amide bonds. The number of aliphatic carboxylic acids is 1. The number of fused-ring (bicyclic) bond motifs is 1. The summed E-state index contributed by atoms with van der Waals surface area (Å²) in [5, 5.41) is 12.6. The van der Waals surface area contributed by atoms with Gasteiger partial charge in [0.2, 0.25) is 0 Å². The Labute approximate surface area is 231 Å². The minimum absolute atomic E-state index is 0.160. The molecule has 0 aliphatic heterocycles. The molecular formula is C26H29F5N4O6. The number of alkyl carbamates (subject to hydrolysis) is 1. The third kappa shape index (κ3) is 9.61. The van der Waals surface area contributed by atoms with Crippen LogP contribution in [0.5, 0.6) is 5.75 Å². The van der Waals surface area contributed by atoms with Crippen LogP contribution in [0.2, 0.25) is 0 Å². The van der Waals surface area contributed by atoms with Crippen molar-refractivity contribution in [1.29, 1.82) is 0 Å². The number of carboxylic acid groups (broad SMARTS) is 1. The molecule has 2 heterocycles. The van der Waals surface area contributed by atoms with Gasteiger partial charge in [0.05, 0.1) is 11.3 Å². The number of carbonyl (C=O) groups excluding carboxylic acids is 2. The predicted molar refractivity (Wildman–Crippen MR) is 135 cm³/mol. The quantitative estimate of drug-likeness (QED) is 0.339. The summed E-state index contributed by atoms with van der Waals surface area (Å²) in [4.78, 5) is 38.1. The second-order valence-corrected chi connectivity index (χ2v) is 9.66. The van der Waals surface area contributed by atoms with Crippen LogP contribution in [-0.4, -0.2) is 56.8 Å². The molecule has 224 valence electrons. The lowest BCUT2D eigenvalue weighted by molar-refractivity contribution is -0.192. The summed E-state index contributed by atoms with van der Waals surface area (Å²) in [6.45, 7) is 8.52. The van der Waals surface area contributed by atoms with E-state index in [-0.39, 0.29) is 36.2 Å². The van der Waals surface area contributed by atoms with Crippen LogP contribution in [0.4, 0.5) is 26.7 Å². The van der Waals surface area contributed by atoms with E-state index in [1.807, 2.05) is 0 Å². The lowest BCUT2D eigenvalue weighted by Crippen LogP contribution is -2.44. The molecule has 0 fully saturated rings. The number of hydrogen-bond donors (Lipinski definition) is 3. The maximum Gasteiger partial charge on any atom is 0.490 e. The summed E-state index contributed by atoms with van der Waals surface area (Å²) < 4.78 is 72.0. The van der Waals surface area contributed by atoms with Gasteiger partial charge in [0.1, 0.15) is 29.5 Å². The van der Waals surface area contributed by atoms with Gasteiger partial charge in [0, 0.05) is 18.8 Å². The first-order valence-corrected chi connectivity index (χ1v) is 12.0. The number of nitrogens with one attached hydrogen (secondary N) is 2. The zero-order valence-electron chi connectivity index (χ0n) is 22.7. The van der Waals surface area contributed by atoms with Crippen LogP contribution in [0.1, 0.15) is 49.4 Å². The number of benzene rings is 1. The first-order valence-electron chi connectivity index (χ1n) is 12.0. The van der Waals surface area contributed by atoms with Gasteiger partial charge in [-0.1, -0.05) is 6.07 Å². The molecule has 0 aliphatic rings. The van der Waals surface area contributed by atoms with Crippen molar-refractivity contribution in [2.24, 2.45) is 0 Å². The van der Waals surface area contributed by atoms with Gasteiger partial charge in [-0.3, -0.25) is 9.20 Å². The number of amides is 2. The molecular weight excluding hydrogens is 559 g/mol. The summed E-state index contributed by atoms with van der Waals surface area (Å²) in [6, 6.07) is 6.46. The van der Waals surface area contributed by atoms with Crippen molar-refractivity contribution in [3.63, 3.8) is 0 Å². The van der Waals surface area contributed by atoms with Gasteiger partial charge in [-0.05, 0) is 58.9 Å². The zero-order valence-corrected chi connectivity index (χ0v) is 22.7. The Hall–Kier alpha value is -4.43. The molecule has 0 saturated heterocycles. The molecule has 1 aromatic carbocycles. The Balaban J connectivity index is 0.000000745. The molecule has 2 aromatic heterocycles. The molecule has 3 rings (SSSR count). The van der Waals surface area contributed by atoms with Gasteiger partial charge in [-0.2, -0.15) is 13.2 Å². The molecule has 3 N–H and O–H groups in total. The first-order chi connectivity index (χ1) is 18.9. The maximum atomic E-state index is 13.9. The monoisotopic (exact) mass is 588 g/mol. The van der Waals surface area contributed by atoms with E-state index in [1.165, 1.54) is 6.07 Å². The SMILES string of the molecule is Cc1nc2c(OCc3c(F)cccc3F)cccn2c1C(=O)NCC(C)NC(=O)OC(C)(C)C.O=C(O)C(F)(F)F. The lowest BCUT2D eigenvalue weighted by atomic mass is 10.2. The van der Waals surface area contributed by atoms with E-state index < -0.39 is 41.4 Å². The minimum Gasteiger partial charge on any atom is -0.485 e. The average molecular weight is 589 g/mol.